The number of carbonyl (C=O) groups excluding carboxylic acids is 1. The van der Waals surface area contributed by atoms with Crippen LogP contribution in [0.3, 0.4) is 0 Å². The molecule has 2 N–H and O–H groups in total. The van der Waals surface area contributed by atoms with E-state index in [4.69, 9.17) is 23.8 Å². The van der Waals surface area contributed by atoms with Crippen molar-refractivity contribution in [3.05, 3.63) is 58.6 Å². The number of aryl methyl sites for hydroxylation is 2. The largest absolute Gasteiger partial charge is 0.346 e. The summed E-state index contributed by atoms with van der Waals surface area (Å²) in [6, 6.07) is 13.6. The Morgan fingerprint density at radius 1 is 1.04 bits per heavy atom. The summed E-state index contributed by atoms with van der Waals surface area (Å²) >= 11 is 11.7. The van der Waals surface area contributed by atoms with Gasteiger partial charge in [0, 0.05) is 31.9 Å². The highest BCUT2D eigenvalue weighted by atomic mass is 35.5. The highest BCUT2D eigenvalue weighted by molar-refractivity contribution is 7.80. The maximum absolute atomic E-state index is 12.3. The standard InChI is InChI=1S/C21H25ClN4OS/c1-15-7-8-16(2)19(13-15)24-21(28)26-11-9-25(10-12-26)14-20(27)23-18-6-4-3-5-17(18)22/h3-8,13H,9-12,14H2,1-2H3,(H,23,27)(H,24,28). The van der Waals surface area contributed by atoms with Crippen molar-refractivity contribution in [1.29, 1.82) is 0 Å². The van der Waals surface area contributed by atoms with Crippen molar-refractivity contribution in [3.8, 4) is 0 Å². The number of nitrogens with one attached hydrogen (secondary N) is 2. The quantitative estimate of drug-likeness (QED) is 0.740. The lowest BCUT2D eigenvalue weighted by atomic mass is 10.1. The maximum Gasteiger partial charge on any atom is 0.238 e. The van der Waals surface area contributed by atoms with Gasteiger partial charge in [-0.1, -0.05) is 35.9 Å². The van der Waals surface area contributed by atoms with Crippen molar-refractivity contribution in [2.75, 3.05) is 43.4 Å². The van der Waals surface area contributed by atoms with Crippen LogP contribution in [-0.2, 0) is 4.79 Å². The number of halogens is 1. The van der Waals surface area contributed by atoms with E-state index in [0.717, 1.165) is 37.0 Å². The van der Waals surface area contributed by atoms with Crippen molar-refractivity contribution in [2.45, 2.75) is 13.8 Å². The van der Waals surface area contributed by atoms with E-state index in [0.29, 0.717) is 17.3 Å². The number of piperazine rings is 1. The predicted octanol–water partition coefficient (Wildman–Crippen LogP) is 3.91. The minimum absolute atomic E-state index is 0.0577. The Morgan fingerprint density at radius 3 is 2.46 bits per heavy atom. The Hall–Kier alpha value is -2.15. The fraction of sp³-hybridized carbons (Fsp3) is 0.333. The van der Waals surface area contributed by atoms with Gasteiger partial charge in [0.15, 0.2) is 5.11 Å². The molecular weight excluding hydrogens is 392 g/mol. The molecule has 28 heavy (non-hydrogen) atoms. The highest BCUT2D eigenvalue weighted by Gasteiger charge is 2.21. The number of thiocarbonyl (C=S) groups is 1. The summed E-state index contributed by atoms with van der Waals surface area (Å²) < 4.78 is 0. The number of benzene rings is 2. The molecule has 0 aliphatic carbocycles. The lowest BCUT2D eigenvalue weighted by Crippen LogP contribution is -2.51. The van der Waals surface area contributed by atoms with Crippen LogP contribution in [0.1, 0.15) is 11.1 Å². The van der Waals surface area contributed by atoms with Gasteiger partial charge in [-0.3, -0.25) is 9.69 Å². The third kappa shape index (κ3) is 5.44. The van der Waals surface area contributed by atoms with Crippen LogP contribution in [0.15, 0.2) is 42.5 Å². The number of rotatable bonds is 4. The van der Waals surface area contributed by atoms with Crippen LogP contribution in [-0.4, -0.2) is 53.5 Å². The van der Waals surface area contributed by atoms with Gasteiger partial charge < -0.3 is 15.5 Å². The number of para-hydroxylation sites is 1. The second-order valence-corrected chi connectivity index (χ2v) is 7.83. The van der Waals surface area contributed by atoms with Crippen LogP contribution in [0.4, 0.5) is 11.4 Å². The molecule has 1 fully saturated rings. The van der Waals surface area contributed by atoms with E-state index < -0.39 is 0 Å². The first-order valence-corrected chi connectivity index (χ1v) is 10.1. The average Bonchev–Trinajstić information content (AvgIpc) is 2.67. The molecule has 5 nitrogen and oxygen atoms in total. The number of carbonyl (C=O) groups is 1. The molecule has 1 heterocycles. The molecular formula is C21H25ClN4OS. The van der Waals surface area contributed by atoms with Crippen molar-refractivity contribution in [2.24, 2.45) is 0 Å². The zero-order valence-corrected chi connectivity index (χ0v) is 17.7. The summed E-state index contributed by atoms with van der Waals surface area (Å²) in [6.07, 6.45) is 0. The zero-order chi connectivity index (χ0) is 20.1. The Labute approximate surface area is 176 Å². The van der Waals surface area contributed by atoms with E-state index in [2.05, 4.69) is 52.5 Å². The van der Waals surface area contributed by atoms with Gasteiger partial charge in [0.2, 0.25) is 5.91 Å². The lowest BCUT2D eigenvalue weighted by Gasteiger charge is -2.36. The van der Waals surface area contributed by atoms with E-state index >= 15 is 0 Å². The van der Waals surface area contributed by atoms with Gasteiger partial charge in [-0.2, -0.15) is 0 Å². The molecule has 3 rings (SSSR count). The summed E-state index contributed by atoms with van der Waals surface area (Å²) in [6.45, 7) is 7.62. The molecule has 0 saturated carbocycles. The number of anilines is 2. The topological polar surface area (TPSA) is 47.6 Å². The minimum atomic E-state index is -0.0577. The first-order valence-electron chi connectivity index (χ1n) is 9.32. The van der Waals surface area contributed by atoms with Crippen LogP contribution in [0.5, 0.6) is 0 Å². The van der Waals surface area contributed by atoms with Crippen molar-refractivity contribution in [1.82, 2.24) is 9.80 Å². The molecule has 0 aromatic heterocycles. The molecule has 0 radical (unpaired) electrons. The predicted molar refractivity (Wildman–Crippen MR) is 120 cm³/mol. The van der Waals surface area contributed by atoms with Crippen LogP contribution in [0.2, 0.25) is 5.02 Å². The monoisotopic (exact) mass is 416 g/mol. The molecule has 1 aliphatic heterocycles. The Morgan fingerprint density at radius 2 is 1.75 bits per heavy atom. The average molecular weight is 417 g/mol. The van der Waals surface area contributed by atoms with Crippen molar-refractivity contribution in [3.63, 3.8) is 0 Å². The molecule has 1 aliphatic rings. The van der Waals surface area contributed by atoms with Gasteiger partial charge in [0.05, 0.1) is 17.3 Å². The number of amides is 1. The van der Waals surface area contributed by atoms with Gasteiger partial charge in [0.1, 0.15) is 0 Å². The Bertz CT molecular complexity index is 865. The molecule has 0 unspecified atom stereocenters. The number of nitrogens with zero attached hydrogens (tertiary/aromatic N) is 2. The van der Waals surface area contributed by atoms with Crippen molar-refractivity contribution >= 4 is 46.2 Å². The van der Waals surface area contributed by atoms with E-state index in [9.17, 15) is 4.79 Å². The van der Waals surface area contributed by atoms with E-state index in [-0.39, 0.29) is 5.91 Å². The Balaban J connectivity index is 1.47. The zero-order valence-electron chi connectivity index (χ0n) is 16.2. The summed E-state index contributed by atoms with van der Waals surface area (Å²) in [4.78, 5) is 16.6. The maximum atomic E-state index is 12.3. The molecule has 148 valence electrons. The third-order valence-electron chi connectivity index (χ3n) is 4.81. The lowest BCUT2D eigenvalue weighted by molar-refractivity contribution is -0.117. The summed E-state index contributed by atoms with van der Waals surface area (Å²) in [5, 5.41) is 7.51. The molecule has 2 aromatic carbocycles. The first-order chi connectivity index (χ1) is 13.4. The summed E-state index contributed by atoms with van der Waals surface area (Å²) in [5.74, 6) is -0.0577. The fourth-order valence-corrected chi connectivity index (χ4v) is 3.60. The molecule has 0 atom stereocenters. The molecule has 7 heteroatoms. The van der Waals surface area contributed by atoms with Gasteiger partial charge in [0.25, 0.3) is 0 Å². The third-order valence-corrected chi connectivity index (χ3v) is 5.50. The van der Waals surface area contributed by atoms with Crippen LogP contribution >= 0.6 is 23.8 Å². The van der Waals surface area contributed by atoms with Crippen LogP contribution < -0.4 is 10.6 Å². The SMILES string of the molecule is Cc1ccc(C)c(NC(=S)N2CCN(CC(=O)Nc3ccccc3Cl)CC2)c1. The van der Waals surface area contributed by atoms with Crippen molar-refractivity contribution < 1.29 is 4.79 Å². The molecule has 0 spiro atoms. The Kier molecular flexibility index (Phi) is 6.88. The van der Waals surface area contributed by atoms with E-state index in [1.807, 2.05) is 12.1 Å². The van der Waals surface area contributed by atoms with Gasteiger partial charge in [-0.15, -0.1) is 0 Å². The van der Waals surface area contributed by atoms with Gasteiger partial charge in [-0.05, 0) is 55.4 Å². The van der Waals surface area contributed by atoms with Crippen LogP contribution in [0.25, 0.3) is 0 Å². The van der Waals surface area contributed by atoms with E-state index in [1.165, 1.54) is 11.1 Å². The molecule has 1 amide bonds. The minimum Gasteiger partial charge on any atom is -0.346 e. The number of hydrogen-bond donors (Lipinski definition) is 2. The summed E-state index contributed by atoms with van der Waals surface area (Å²) in [7, 11) is 0. The van der Waals surface area contributed by atoms with E-state index in [1.54, 1.807) is 12.1 Å². The molecule has 0 bridgehead atoms. The van der Waals surface area contributed by atoms with Gasteiger partial charge in [-0.25, -0.2) is 0 Å². The fourth-order valence-electron chi connectivity index (χ4n) is 3.13. The number of hydrogen-bond acceptors (Lipinski definition) is 3. The highest BCUT2D eigenvalue weighted by Crippen LogP contribution is 2.20. The second-order valence-electron chi connectivity index (χ2n) is 7.04. The van der Waals surface area contributed by atoms with Gasteiger partial charge >= 0.3 is 0 Å². The molecule has 1 saturated heterocycles. The second kappa shape index (κ2) is 9.37. The van der Waals surface area contributed by atoms with Crippen LogP contribution in [0, 0.1) is 13.8 Å². The summed E-state index contributed by atoms with van der Waals surface area (Å²) in [5.41, 5.74) is 4.06. The first kappa shape index (κ1) is 20.6. The smallest absolute Gasteiger partial charge is 0.238 e. The normalized spacial score (nSPS) is 14.6. The molecule has 2 aromatic rings.